The molecule has 0 N–H and O–H groups in total. The zero-order chi connectivity index (χ0) is 21.4. The maximum Gasteiger partial charge on any atom is 0.325 e. The summed E-state index contributed by atoms with van der Waals surface area (Å²) in [5, 5.41) is 1.44. The van der Waals surface area contributed by atoms with Gasteiger partial charge in [0, 0.05) is 33.7 Å². The van der Waals surface area contributed by atoms with E-state index in [4.69, 9.17) is 9.57 Å². The summed E-state index contributed by atoms with van der Waals surface area (Å²) in [4.78, 5) is 16.3. The summed E-state index contributed by atoms with van der Waals surface area (Å²) in [7, 11) is 3.44. The fraction of sp³-hybridized carbons (Fsp3) is 0.960. The largest absolute Gasteiger partial charge is 0.381 e. The van der Waals surface area contributed by atoms with Crippen molar-refractivity contribution in [1.29, 1.82) is 0 Å². The van der Waals surface area contributed by atoms with E-state index in [0.29, 0.717) is 6.42 Å². The van der Waals surface area contributed by atoms with Crippen molar-refractivity contribution in [3.8, 4) is 0 Å². The molecule has 0 heterocycles. The van der Waals surface area contributed by atoms with Crippen LogP contribution in [-0.4, -0.2) is 38.3 Å². The standard InChI is InChI=1S/C25H51NO3/c1-4-5-6-7-8-9-10-11-12-13-14-15-16-17-18-20-23-28-24-21-19-22-25(27)29-26(2)3/h4-24H2,1-3H3. The minimum Gasteiger partial charge on any atom is -0.381 e. The minimum absolute atomic E-state index is 0.159. The van der Waals surface area contributed by atoms with Crippen LogP contribution in [0.15, 0.2) is 0 Å². The normalized spacial score (nSPS) is 11.3. The van der Waals surface area contributed by atoms with Gasteiger partial charge in [0.15, 0.2) is 0 Å². The van der Waals surface area contributed by atoms with Crippen LogP contribution in [0.4, 0.5) is 0 Å². The first kappa shape index (κ1) is 28.4. The second-order valence-corrected chi connectivity index (χ2v) is 8.65. The lowest BCUT2D eigenvalue weighted by molar-refractivity contribution is -0.178. The van der Waals surface area contributed by atoms with Crippen molar-refractivity contribution in [3.63, 3.8) is 0 Å². The number of hydrogen-bond donors (Lipinski definition) is 0. The van der Waals surface area contributed by atoms with Gasteiger partial charge in [-0.1, -0.05) is 103 Å². The van der Waals surface area contributed by atoms with Gasteiger partial charge in [0.1, 0.15) is 0 Å². The molecule has 0 aliphatic carbocycles. The molecule has 0 amide bonds. The second kappa shape index (κ2) is 23.7. The highest BCUT2D eigenvalue weighted by Crippen LogP contribution is 2.13. The van der Waals surface area contributed by atoms with Gasteiger partial charge in [-0.05, 0) is 19.3 Å². The maximum absolute atomic E-state index is 11.3. The lowest BCUT2D eigenvalue weighted by atomic mass is 10.0. The highest BCUT2D eigenvalue weighted by Gasteiger charge is 2.03. The van der Waals surface area contributed by atoms with Gasteiger partial charge in [-0.25, -0.2) is 0 Å². The Labute approximate surface area is 182 Å². The smallest absolute Gasteiger partial charge is 0.325 e. The quantitative estimate of drug-likeness (QED) is 0.129. The van der Waals surface area contributed by atoms with Crippen molar-refractivity contribution in [2.75, 3.05) is 27.3 Å². The van der Waals surface area contributed by atoms with E-state index >= 15 is 0 Å². The molecule has 174 valence electrons. The topological polar surface area (TPSA) is 38.8 Å². The third-order valence-electron chi connectivity index (χ3n) is 5.35. The van der Waals surface area contributed by atoms with Crippen LogP contribution in [0.2, 0.25) is 0 Å². The van der Waals surface area contributed by atoms with Crippen molar-refractivity contribution in [1.82, 2.24) is 5.06 Å². The third kappa shape index (κ3) is 25.4. The van der Waals surface area contributed by atoms with Crippen molar-refractivity contribution >= 4 is 5.97 Å². The van der Waals surface area contributed by atoms with Gasteiger partial charge in [-0.15, -0.1) is 5.06 Å². The Bertz CT molecular complexity index is 334. The summed E-state index contributed by atoms with van der Waals surface area (Å²) >= 11 is 0. The van der Waals surface area contributed by atoms with Crippen LogP contribution in [0, 0.1) is 0 Å². The molecule has 0 unspecified atom stereocenters. The van der Waals surface area contributed by atoms with Gasteiger partial charge in [0.2, 0.25) is 0 Å². The van der Waals surface area contributed by atoms with Crippen LogP contribution in [0.25, 0.3) is 0 Å². The highest BCUT2D eigenvalue weighted by molar-refractivity contribution is 5.68. The van der Waals surface area contributed by atoms with E-state index in [1.807, 2.05) is 0 Å². The number of carbonyl (C=O) groups excluding carboxylic acids is 1. The van der Waals surface area contributed by atoms with Crippen molar-refractivity contribution in [2.24, 2.45) is 0 Å². The lowest BCUT2D eigenvalue weighted by Crippen LogP contribution is -2.18. The van der Waals surface area contributed by atoms with E-state index in [0.717, 1.165) is 26.1 Å². The molecule has 0 saturated carbocycles. The molecular formula is C25H51NO3. The van der Waals surface area contributed by atoms with Crippen LogP contribution in [0.1, 0.15) is 129 Å². The Balaban J connectivity index is 3.06. The van der Waals surface area contributed by atoms with E-state index in [9.17, 15) is 4.79 Å². The van der Waals surface area contributed by atoms with E-state index in [1.54, 1.807) is 14.1 Å². The van der Waals surface area contributed by atoms with Gasteiger partial charge >= 0.3 is 5.97 Å². The summed E-state index contributed by atoms with van der Waals surface area (Å²) < 4.78 is 5.65. The summed E-state index contributed by atoms with van der Waals surface area (Å²) in [6.07, 6.45) is 24.6. The van der Waals surface area contributed by atoms with Crippen molar-refractivity contribution in [3.05, 3.63) is 0 Å². The fourth-order valence-electron chi connectivity index (χ4n) is 3.58. The SMILES string of the molecule is CCCCCCCCCCCCCCCCCCOCCCCC(=O)ON(C)C. The Morgan fingerprint density at radius 3 is 1.38 bits per heavy atom. The first-order valence-corrected chi connectivity index (χ1v) is 12.6. The molecule has 0 fully saturated rings. The van der Waals surface area contributed by atoms with Gasteiger partial charge in [-0.3, -0.25) is 4.79 Å². The molecule has 0 aliphatic rings. The van der Waals surface area contributed by atoms with Gasteiger partial charge < -0.3 is 9.57 Å². The minimum atomic E-state index is -0.159. The van der Waals surface area contributed by atoms with E-state index in [1.165, 1.54) is 108 Å². The zero-order valence-corrected chi connectivity index (χ0v) is 20.0. The van der Waals surface area contributed by atoms with Crippen LogP contribution in [-0.2, 0) is 14.4 Å². The van der Waals surface area contributed by atoms with Gasteiger partial charge in [0.05, 0.1) is 0 Å². The van der Waals surface area contributed by atoms with Crippen molar-refractivity contribution in [2.45, 2.75) is 129 Å². The average molecular weight is 414 g/mol. The highest BCUT2D eigenvalue weighted by atomic mass is 16.7. The number of rotatable bonds is 23. The van der Waals surface area contributed by atoms with E-state index < -0.39 is 0 Å². The number of ether oxygens (including phenoxy) is 1. The molecule has 0 rings (SSSR count). The molecule has 0 aromatic rings. The predicted molar refractivity (Wildman–Crippen MR) is 124 cm³/mol. The fourth-order valence-corrected chi connectivity index (χ4v) is 3.58. The maximum atomic E-state index is 11.3. The van der Waals surface area contributed by atoms with Crippen LogP contribution < -0.4 is 0 Å². The average Bonchev–Trinajstić information content (AvgIpc) is 2.68. The number of hydroxylamine groups is 2. The third-order valence-corrected chi connectivity index (χ3v) is 5.35. The monoisotopic (exact) mass is 413 g/mol. The molecule has 29 heavy (non-hydrogen) atoms. The number of hydrogen-bond acceptors (Lipinski definition) is 4. The Morgan fingerprint density at radius 1 is 0.586 bits per heavy atom. The molecule has 4 nitrogen and oxygen atoms in total. The lowest BCUT2D eigenvalue weighted by Gasteiger charge is -2.09. The molecule has 0 spiro atoms. The molecule has 0 bridgehead atoms. The predicted octanol–water partition coefficient (Wildman–Crippen LogP) is 7.45. The number of nitrogens with zero attached hydrogens (tertiary/aromatic N) is 1. The zero-order valence-electron chi connectivity index (χ0n) is 20.0. The van der Waals surface area contributed by atoms with Gasteiger partial charge in [-0.2, -0.15) is 0 Å². The second-order valence-electron chi connectivity index (χ2n) is 8.65. The van der Waals surface area contributed by atoms with Crippen molar-refractivity contribution < 1.29 is 14.4 Å². The van der Waals surface area contributed by atoms with Crippen LogP contribution in [0.5, 0.6) is 0 Å². The first-order chi connectivity index (χ1) is 14.2. The van der Waals surface area contributed by atoms with Crippen LogP contribution in [0.3, 0.4) is 0 Å². The van der Waals surface area contributed by atoms with E-state index in [2.05, 4.69) is 6.92 Å². The summed E-state index contributed by atoms with van der Waals surface area (Å²) in [6.45, 7) is 3.91. The molecule has 0 saturated heterocycles. The summed E-state index contributed by atoms with van der Waals surface area (Å²) in [5.41, 5.74) is 0. The Morgan fingerprint density at radius 2 is 0.966 bits per heavy atom. The molecule has 0 aromatic carbocycles. The molecule has 0 radical (unpaired) electrons. The first-order valence-electron chi connectivity index (χ1n) is 12.6. The van der Waals surface area contributed by atoms with Crippen LogP contribution >= 0.6 is 0 Å². The molecular weight excluding hydrogens is 362 g/mol. The van der Waals surface area contributed by atoms with E-state index in [-0.39, 0.29) is 5.97 Å². The summed E-state index contributed by atoms with van der Waals surface area (Å²) in [5.74, 6) is -0.159. The number of unbranched alkanes of at least 4 members (excludes halogenated alkanes) is 16. The molecule has 0 aliphatic heterocycles. The number of carbonyl (C=O) groups is 1. The Kier molecular flexibility index (Phi) is 23.2. The summed E-state index contributed by atoms with van der Waals surface area (Å²) in [6, 6.07) is 0. The van der Waals surface area contributed by atoms with Gasteiger partial charge in [0.25, 0.3) is 0 Å². The Hall–Kier alpha value is -0.610. The molecule has 0 aromatic heterocycles. The molecule has 0 atom stereocenters. The molecule has 4 heteroatoms.